The second-order valence-corrected chi connectivity index (χ2v) is 4.62. The first-order chi connectivity index (χ1) is 8.79. The van der Waals surface area contributed by atoms with Gasteiger partial charge in [-0.1, -0.05) is 17.7 Å². The van der Waals surface area contributed by atoms with Gasteiger partial charge >= 0.3 is 0 Å². The van der Waals surface area contributed by atoms with Crippen LogP contribution in [0.3, 0.4) is 0 Å². The van der Waals surface area contributed by atoms with Crippen LogP contribution in [-0.4, -0.2) is 16.3 Å². The summed E-state index contributed by atoms with van der Waals surface area (Å²) in [4.78, 5) is 0. The summed E-state index contributed by atoms with van der Waals surface area (Å²) in [6.07, 6.45) is 1.86. The lowest BCUT2D eigenvalue weighted by Gasteiger charge is -2.16. The maximum atomic E-state index is 8.87. The van der Waals surface area contributed by atoms with Crippen LogP contribution in [0, 0.1) is 11.3 Å². The Morgan fingerprint density at radius 2 is 2.33 bits per heavy atom. The number of hydrogen-bond donors (Lipinski definition) is 1. The largest absolute Gasteiger partial charge is 0.309 e. The quantitative estimate of drug-likeness (QED) is 0.853. The summed E-state index contributed by atoms with van der Waals surface area (Å²) < 4.78 is 2.01. The van der Waals surface area contributed by atoms with Crippen molar-refractivity contribution in [1.29, 1.82) is 5.26 Å². The molecular weight excluding hydrogens is 248 g/mol. The van der Waals surface area contributed by atoms with Gasteiger partial charge in [0.15, 0.2) is 0 Å². The van der Waals surface area contributed by atoms with Crippen LogP contribution < -0.4 is 5.32 Å². The van der Waals surface area contributed by atoms with E-state index in [1.54, 1.807) is 6.07 Å². The Morgan fingerprint density at radius 3 is 3.11 bits per heavy atom. The van der Waals surface area contributed by atoms with Gasteiger partial charge in [0.05, 0.1) is 29.0 Å². The Balaban J connectivity index is 2.08. The first-order valence-corrected chi connectivity index (χ1v) is 6.13. The molecule has 1 aliphatic heterocycles. The topological polar surface area (TPSA) is 53.6 Å². The molecule has 5 heteroatoms. The van der Waals surface area contributed by atoms with Gasteiger partial charge in [0.25, 0.3) is 0 Å². The number of nitriles is 1. The number of rotatable bonds is 1. The van der Waals surface area contributed by atoms with E-state index in [1.165, 1.54) is 5.69 Å². The van der Waals surface area contributed by atoms with Crippen LogP contribution >= 0.6 is 11.6 Å². The van der Waals surface area contributed by atoms with E-state index in [-0.39, 0.29) is 0 Å². The monoisotopic (exact) mass is 258 g/mol. The second-order valence-electron chi connectivity index (χ2n) is 4.21. The minimum absolute atomic E-state index is 0.485. The first kappa shape index (κ1) is 11.3. The lowest BCUT2D eigenvalue weighted by molar-refractivity contribution is 0.476. The van der Waals surface area contributed by atoms with Gasteiger partial charge in [0.2, 0.25) is 0 Å². The van der Waals surface area contributed by atoms with Gasteiger partial charge in [-0.05, 0) is 17.7 Å². The molecule has 1 N–H and O–H groups in total. The molecule has 0 radical (unpaired) electrons. The van der Waals surface area contributed by atoms with Crippen molar-refractivity contribution in [2.45, 2.75) is 13.1 Å². The highest BCUT2D eigenvalue weighted by Gasteiger charge is 2.16. The molecule has 1 aromatic carbocycles. The van der Waals surface area contributed by atoms with Crippen LogP contribution in [0.15, 0.2) is 24.4 Å². The average Bonchev–Trinajstić information content (AvgIpc) is 2.82. The third-order valence-electron chi connectivity index (χ3n) is 3.14. The summed E-state index contributed by atoms with van der Waals surface area (Å²) in [7, 11) is 0. The van der Waals surface area contributed by atoms with Gasteiger partial charge in [0, 0.05) is 18.7 Å². The van der Waals surface area contributed by atoms with Crippen molar-refractivity contribution in [3.63, 3.8) is 0 Å². The fourth-order valence-corrected chi connectivity index (χ4v) is 2.42. The number of nitrogens with one attached hydrogen (secondary N) is 1. The smallest absolute Gasteiger partial charge is 0.101 e. The van der Waals surface area contributed by atoms with Gasteiger partial charge in [-0.3, -0.25) is 4.68 Å². The van der Waals surface area contributed by atoms with E-state index >= 15 is 0 Å². The van der Waals surface area contributed by atoms with Crippen molar-refractivity contribution in [2.75, 3.05) is 6.54 Å². The summed E-state index contributed by atoms with van der Waals surface area (Å²) >= 11 is 6.06. The molecular formula is C13H11ClN4. The highest BCUT2D eigenvalue weighted by atomic mass is 35.5. The van der Waals surface area contributed by atoms with E-state index in [1.807, 2.05) is 23.0 Å². The molecule has 0 fully saturated rings. The van der Waals surface area contributed by atoms with E-state index in [2.05, 4.69) is 16.5 Å². The molecule has 18 heavy (non-hydrogen) atoms. The summed E-state index contributed by atoms with van der Waals surface area (Å²) in [5.74, 6) is 0. The molecule has 0 aliphatic carbocycles. The van der Waals surface area contributed by atoms with Gasteiger partial charge in [-0.25, -0.2) is 0 Å². The maximum Gasteiger partial charge on any atom is 0.101 e. The van der Waals surface area contributed by atoms with Crippen LogP contribution in [0.4, 0.5) is 0 Å². The Hall–Kier alpha value is -1.83. The van der Waals surface area contributed by atoms with E-state index in [4.69, 9.17) is 16.9 Å². The fourth-order valence-electron chi connectivity index (χ4n) is 2.20. The predicted octanol–water partition coefficient (Wildman–Crippen LogP) is 2.18. The molecule has 4 nitrogen and oxygen atoms in total. The highest BCUT2D eigenvalue weighted by molar-refractivity contribution is 6.32. The molecule has 0 unspecified atom stereocenters. The molecule has 0 amide bonds. The Bertz CT molecular complexity index is 639. The molecule has 0 saturated heterocycles. The molecule has 1 aliphatic rings. The summed E-state index contributed by atoms with van der Waals surface area (Å²) in [5, 5.41) is 17.1. The van der Waals surface area contributed by atoms with Gasteiger partial charge in [-0.15, -0.1) is 0 Å². The van der Waals surface area contributed by atoms with Crippen molar-refractivity contribution < 1.29 is 0 Å². The van der Waals surface area contributed by atoms with E-state index in [0.29, 0.717) is 10.6 Å². The lowest BCUT2D eigenvalue weighted by atomic mass is 10.0. The molecule has 2 aromatic rings. The Labute approximate surface area is 110 Å². The van der Waals surface area contributed by atoms with Crippen molar-refractivity contribution >= 4 is 11.6 Å². The minimum atomic E-state index is 0.485. The number of benzene rings is 1. The van der Waals surface area contributed by atoms with E-state index < -0.39 is 0 Å². The molecule has 2 heterocycles. The van der Waals surface area contributed by atoms with Gasteiger partial charge < -0.3 is 5.32 Å². The van der Waals surface area contributed by atoms with Gasteiger partial charge in [0.1, 0.15) is 6.07 Å². The van der Waals surface area contributed by atoms with Crippen LogP contribution in [0.1, 0.15) is 11.3 Å². The van der Waals surface area contributed by atoms with E-state index in [0.717, 1.165) is 30.8 Å². The Morgan fingerprint density at radius 1 is 1.44 bits per heavy atom. The number of fused-ring (bicyclic) bond motifs is 1. The normalized spacial score (nSPS) is 14.0. The van der Waals surface area contributed by atoms with Crippen molar-refractivity contribution in [1.82, 2.24) is 15.1 Å². The average molecular weight is 259 g/mol. The zero-order valence-corrected chi connectivity index (χ0v) is 10.4. The standard InChI is InChI=1S/C13H11ClN4/c14-12-5-9(1-2-10(12)6-15)11-7-17-18-4-3-16-8-13(11)18/h1-2,5,7,16H,3-4,8H2. The highest BCUT2D eigenvalue weighted by Crippen LogP contribution is 2.28. The number of nitrogens with zero attached hydrogens (tertiary/aromatic N) is 3. The van der Waals surface area contributed by atoms with Crippen molar-refractivity contribution in [2.24, 2.45) is 0 Å². The Kier molecular flexibility index (Phi) is 2.78. The van der Waals surface area contributed by atoms with Crippen LogP contribution in [-0.2, 0) is 13.1 Å². The minimum Gasteiger partial charge on any atom is -0.309 e. The first-order valence-electron chi connectivity index (χ1n) is 5.75. The number of halogens is 1. The second kappa shape index (κ2) is 4.45. The maximum absolute atomic E-state index is 8.87. The van der Waals surface area contributed by atoms with E-state index in [9.17, 15) is 0 Å². The molecule has 0 saturated carbocycles. The van der Waals surface area contributed by atoms with Gasteiger partial charge in [-0.2, -0.15) is 10.4 Å². The van der Waals surface area contributed by atoms with Crippen LogP contribution in [0.5, 0.6) is 0 Å². The number of aromatic nitrogens is 2. The predicted molar refractivity (Wildman–Crippen MR) is 69.1 cm³/mol. The lowest BCUT2D eigenvalue weighted by Crippen LogP contribution is -2.28. The third-order valence-corrected chi connectivity index (χ3v) is 3.45. The molecule has 0 bridgehead atoms. The summed E-state index contributed by atoms with van der Waals surface area (Å²) in [5.41, 5.74) is 3.75. The van der Waals surface area contributed by atoms with Crippen LogP contribution in [0.25, 0.3) is 11.1 Å². The van der Waals surface area contributed by atoms with Crippen LogP contribution in [0.2, 0.25) is 5.02 Å². The molecule has 0 spiro atoms. The zero-order valence-electron chi connectivity index (χ0n) is 9.65. The molecule has 3 rings (SSSR count). The third kappa shape index (κ3) is 1.78. The molecule has 1 aromatic heterocycles. The zero-order chi connectivity index (χ0) is 12.5. The summed E-state index contributed by atoms with van der Waals surface area (Å²) in [6, 6.07) is 7.55. The van der Waals surface area contributed by atoms with Crippen molar-refractivity contribution in [3.05, 3.63) is 40.7 Å². The summed E-state index contributed by atoms with van der Waals surface area (Å²) in [6.45, 7) is 2.65. The fraction of sp³-hybridized carbons (Fsp3) is 0.231. The number of hydrogen-bond acceptors (Lipinski definition) is 3. The van der Waals surface area contributed by atoms with Crippen molar-refractivity contribution in [3.8, 4) is 17.2 Å². The molecule has 90 valence electrons. The molecule has 0 atom stereocenters. The SMILES string of the molecule is N#Cc1ccc(-c2cnn3c2CNCC3)cc1Cl.